The molecule has 2 rings (SSSR count). The lowest BCUT2D eigenvalue weighted by atomic mass is 10.2. The number of halogens is 3. The maximum Gasteiger partial charge on any atom is 0.416 e. The van der Waals surface area contributed by atoms with E-state index in [2.05, 4.69) is 0 Å². The van der Waals surface area contributed by atoms with Crippen LogP contribution in [0.3, 0.4) is 0 Å². The number of alkyl halides is 3. The first-order chi connectivity index (χ1) is 13.2. The van der Waals surface area contributed by atoms with Crippen molar-refractivity contribution in [3.8, 4) is 11.5 Å². The van der Waals surface area contributed by atoms with Gasteiger partial charge in [0.25, 0.3) is 0 Å². The Bertz CT molecular complexity index is 791. The van der Waals surface area contributed by atoms with E-state index in [1.165, 1.54) is 12.1 Å². The first-order valence-electron chi connectivity index (χ1n) is 8.69. The summed E-state index contributed by atoms with van der Waals surface area (Å²) < 4.78 is 66.8. The zero-order valence-electron chi connectivity index (χ0n) is 15.9. The van der Waals surface area contributed by atoms with Crippen LogP contribution < -0.4 is 9.47 Å². The molecule has 0 saturated carbocycles. The average molecular weight is 416 g/mol. The van der Waals surface area contributed by atoms with Gasteiger partial charge in [0.05, 0.1) is 29.2 Å². The molecule has 154 valence electrons. The van der Waals surface area contributed by atoms with Gasteiger partial charge in [-0.3, -0.25) is 4.21 Å². The Hall–Kier alpha value is -2.06. The lowest BCUT2D eigenvalue weighted by molar-refractivity contribution is -0.137. The van der Waals surface area contributed by atoms with Crippen LogP contribution in [0.15, 0.2) is 47.4 Å². The summed E-state index contributed by atoms with van der Waals surface area (Å²) in [6, 6.07) is 9.74. The van der Waals surface area contributed by atoms with Crippen molar-refractivity contribution in [1.82, 2.24) is 0 Å². The summed E-state index contributed by atoms with van der Waals surface area (Å²) >= 11 is 0. The van der Waals surface area contributed by atoms with Crippen LogP contribution >= 0.6 is 0 Å². The van der Waals surface area contributed by atoms with Gasteiger partial charge in [0, 0.05) is 11.5 Å². The van der Waals surface area contributed by atoms with E-state index in [9.17, 15) is 17.4 Å². The molecule has 0 radical (unpaired) electrons. The molecular formula is C20H23F3O4S. The molecule has 0 aliphatic rings. The van der Waals surface area contributed by atoms with E-state index >= 15 is 0 Å². The highest BCUT2D eigenvalue weighted by molar-refractivity contribution is 7.85. The maximum absolute atomic E-state index is 12.7. The molecule has 0 heterocycles. The van der Waals surface area contributed by atoms with Gasteiger partial charge >= 0.3 is 6.18 Å². The predicted molar refractivity (Wildman–Crippen MR) is 101 cm³/mol. The second-order valence-electron chi connectivity index (χ2n) is 6.05. The van der Waals surface area contributed by atoms with Crippen molar-refractivity contribution in [1.29, 1.82) is 0 Å². The van der Waals surface area contributed by atoms with Crippen LogP contribution in [-0.2, 0) is 21.7 Å². The van der Waals surface area contributed by atoms with E-state index in [4.69, 9.17) is 14.2 Å². The van der Waals surface area contributed by atoms with Gasteiger partial charge in [0.15, 0.2) is 0 Å². The highest BCUT2D eigenvalue weighted by Gasteiger charge is 2.30. The standard InChI is InChI=1S/C20H23F3O4S/c1-4-26-17(12-27-16-7-5-15(6-8-16)20(21,22)23)13-28(24)18-9-10-19(25-3)14(2)11-18/h5-11,17H,4,12-13H2,1-3H3/t17-,28?/m1/s1. The fourth-order valence-electron chi connectivity index (χ4n) is 2.57. The third kappa shape index (κ3) is 6.24. The molecule has 2 aromatic rings. The number of rotatable bonds is 9. The quantitative estimate of drug-likeness (QED) is 0.599. The Morgan fingerprint density at radius 2 is 1.79 bits per heavy atom. The minimum Gasteiger partial charge on any atom is -0.496 e. The smallest absolute Gasteiger partial charge is 0.416 e. The van der Waals surface area contributed by atoms with Gasteiger partial charge in [-0.15, -0.1) is 0 Å². The van der Waals surface area contributed by atoms with Crippen LogP contribution in [0.1, 0.15) is 18.1 Å². The van der Waals surface area contributed by atoms with Crippen LogP contribution in [0.4, 0.5) is 13.2 Å². The normalized spacial score (nSPS) is 13.8. The summed E-state index contributed by atoms with van der Waals surface area (Å²) in [4.78, 5) is 0.650. The van der Waals surface area contributed by atoms with E-state index in [0.717, 1.165) is 17.7 Å². The zero-order chi connectivity index (χ0) is 20.7. The van der Waals surface area contributed by atoms with Crippen LogP contribution in [0.5, 0.6) is 11.5 Å². The van der Waals surface area contributed by atoms with Crippen LogP contribution in [0.25, 0.3) is 0 Å². The third-order valence-corrected chi connectivity index (χ3v) is 5.44. The molecule has 0 amide bonds. The number of ether oxygens (including phenoxy) is 3. The molecule has 0 N–H and O–H groups in total. The molecule has 0 aromatic heterocycles. The molecular weight excluding hydrogens is 393 g/mol. The first-order valence-corrected chi connectivity index (χ1v) is 10.0. The summed E-state index contributed by atoms with van der Waals surface area (Å²) in [5.41, 5.74) is 0.138. The molecule has 0 bridgehead atoms. The molecule has 1 unspecified atom stereocenters. The Kier molecular flexibility index (Phi) is 7.88. The molecule has 28 heavy (non-hydrogen) atoms. The van der Waals surface area contributed by atoms with Crippen molar-refractivity contribution in [2.75, 3.05) is 26.1 Å². The Labute approximate surface area is 165 Å². The van der Waals surface area contributed by atoms with Gasteiger partial charge in [-0.2, -0.15) is 13.2 Å². The molecule has 0 fully saturated rings. The lowest BCUT2D eigenvalue weighted by Gasteiger charge is -2.18. The van der Waals surface area contributed by atoms with Crippen molar-refractivity contribution >= 4 is 10.8 Å². The number of methoxy groups -OCH3 is 1. The summed E-state index contributed by atoms with van der Waals surface area (Å²) in [5, 5.41) is 0. The lowest BCUT2D eigenvalue weighted by Crippen LogP contribution is -2.28. The minimum absolute atomic E-state index is 0.0834. The van der Waals surface area contributed by atoms with E-state index < -0.39 is 28.6 Å². The monoisotopic (exact) mass is 416 g/mol. The SMILES string of the molecule is CCO[C@H](COc1ccc(C(F)(F)F)cc1)CS(=O)c1ccc(OC)c(C)c1. The van der Waals surface area contributed by atoms with Gasteiger partial charge in [0.2, 0.25) is 0 Å². The fourth-order valence-corrected chi connectivity index (χ4v) is 3.82. The number of aryl methyl sites for hydroxylation is 1. The van der Waals surface area contributed by atoms with E-state index in [-0.39, 0.29) is 12.4 Å². The van der Waals surface area contributed by atoms with Gasteiger partial charge in [-0.1, -0.05) is 0 Å². The van der Waals surface area contributed by atoms with Gasteiger partial charge in [-0.25, -0.2) is 0 Å². The number of benzene rings is 2. The Balaban J connectivity index is 1.99. The second kappa shape index (κ2) is 9.93. The molecule has 0 aliphatic carbocycles. The average Bonchev–Trinajstić information content (AvgIpc) is 2.65. The first kappa shape index (κ1) is 22.2. The zero-order valence-corrected chi connectivity index (χ0v) is 16.7. The summed E-state index contributed by atoms with van der Waals surface area (Å²) in [6.07, 6.45) is -4.85. The van der Waals surface area contributed by atoms with Crippen molar-refractivity contribution < 1.29 is 31.6 Å². The van der Waals surface area contributed by atoms with E-state index in [0.29, 0.717) is 23.0 Å². The summed E-state index contributed by atoms with van der Waals surface area (Å²) in [6.45, 7) is 4.17. The molecule has 2 aromatic carbocycles. The topological polar surface area (TPSA) is 44.8 Å². The summed E-state index contributed by atoms with van der Waals surface area (Å²) in [7, 11) is 0.254. The predicted octanol–water partition coefficient (Wildman–Crippen LogP) is 4.61. The highest BCUT2D eigenvalue weighted by atomic mass is 32.2. The van der Waals surface area contributed by atoms with Crippen molar-refractivity contribution in [3.05, 3.63) is 53.6 Å². The Morgan fingerprint density at radius 3 is 2.32 bits per heavy atom. The minimum atomic E-state index is -4.39. The largest absolute Gasteiger partial charge is 0.496 e. The molecule has 0 aliphatic heterocycles. The molecule has 2 atom stereocenters. The molecule has 4 nitrogen and oxygen atoms in total. The Morgan fingerprint density at radius 1 is 1.11 bits per heavy atom. The number of hydrogen-bond donors (Lipinski definition) is 0. The number of hydrogen-bond acceptors (Lipinski definition) is 4. The molecule has 8 heteroatoms. The van der Waals surface area contributed by atoms with Gasteiger partial charge < -0.3 is 14.2 Å². The fraction of sp³-hybridized carbons (Fsp3) is 0.400. The van der Waals surface area contributed by atoms with E-state index in [1.807, 2.05) is 13.8 Å². The third-order valence-electron chi connectivity index (χ3n) is 3.99. The van der Waals surface area contributed by atoms with Gasteiger partial charge in [-0.05, 0) is 61.9 Å². The van der Waals surface area contributed by atoms with Crippen molar-refractivity contribution in [3.63, 3.8) is 0 Å². The highest BCUT2D eigenvalue weighted by Crippen LogP contribution is 2.30. The van der Waals surface area contributed by atoms with Crippen molar-refractivity contribution in [2.24, 2.45) is 0 Å². The van der Waals surface area contributed by atoms with Crippen LogP contribution in [0, 0.1) is 6.92 Å². The van der Waals surface area contributed by atoms with Gasteiger partial charge in [0.1, 0.15) is 24.2 Å². The van der Waals surface area contributed by atoms with Crippen LogP contribution in [-0.4, -0.2) is 36.4 Å². The maximum atomic E-state index is 12.7. The second-order valence-corrected chi connectivity index (χ2v) is 7.55. The summed E-state index contributed by atoms with van der Waals surface area (Å²) in [5.74, 6) is 1.22. The van der Waals surface area contributed by atoms with Crippen LogP contribution in [0.2, 0.25) is 0 Å². The van der Waals surface area contributed by atoms with Crippen molar-refractivity contribution in [2.45, 2.75) is 31.0 Å². The van der Waals surface area contributed by atoms with E-state index in [1.54, 1.807) is 25.3 Å². The molecule has 0 saturated heterocycles. The molecule has 0 spiro atoms.